The van der Waals surface area contributed by atoms with Gasteiger partial charge in [-0.05, 0) is 30.5 Å². The van der Waals surface area contributed by atoms with Crippen molar-refractivity contribution >= 4 is 23.2 Å². The van der Waals surface area contributed by atoms with E-state index in [9.17, 15) is 0 Å². The monoisotopic (exact) mass is 243 g/mol. The highest BCUT2D eigenvalue weighted by atomic mass is 35.5. The Bertz CT molecular complexity index is 351. The summed E-state index contributed by atoms with van der Waals surface area (Å²) in [5, 5.41) is 4.86. The zero-order valence-electron chi connectivity index (χ0n) is 8.76. The van der Waals surface area contributed by atoms with E-state index in [1.54, 1.807) is 0 Å². The van der Waals surface area contributed by atoms with E-state index >= 15 is 0 Å². The Morgan fingerprint density at radius 3 is 2.93 bits per heavy atom. The lowest BCUT2D eigenvalue weighted by Gasteiger charge is -2.20. The van der Waals surface area contributed by atoms with Crippen LogP contribution < -0.4 is 5.32 Å². The first-order chi connectivity index (χ1) is 7.24. The summed E-state index contributed by atoms with van der Waals surface area (Å²) in [4.78, 5) is 0. The fourth-order valence-corrected chi connectivity index (χ4v) is 2.75. The van der Waals surface area contributed by atoms with Gasteiger partial charge < -0.3 is 5.32 Å². The van der Waals surface area contributed by atoms with Gasteiger partial charge in [0, 0.05) is 6.04 Å². The Kier molecular flexibility index (Phi) is 3.55. The summed E-state index contributed by atoms with van der Waals surface area (Å²) in [5.41, 5.74) is 1.15. The van der Waals surface area contributed by atoms with Crippen molar-refractivity contribution in [3.8, 4) is 0 Å². The molecule has 1 aliphatic rings. The molecule has 2 atom stereocenters. The topological polar surface area (TPSA) is 12.0 Å². The molecule has 1 nitrogen and oxygen atoms in total. The fourth-order valence-electron chi connectivity index (χ4n) is 2.32. The Morgan fingerprint density at radius 1 is 1.40 bits per heavy atom. The maximum atomic E-state index is 6.22. The van der Waals surface area contributed by atoms with Gasteiger partial charge in [0.15, 0.2) is 0 Å². The molecule has 82 valence electrons. The second-order valence-corrected chi connectivity index (χ2v) is 4.82. The molecule has 0 saturated carbocycles. The van der Waals surface area contributed by atoms with Gasteiger partial charge in [0.1, 0.15) is 0 Å². The lowest BCUT2D eigenvalue weighted by Crippen LogP contribution is -2.18. The molecule has 2 unspecified atom stereocenters. The summed E-state index contributed by atoms with van der Waals surface area (Å²) in [5.74, 6) is 0.681. The van der Waals surface area contributed by atoms with Crippen LogP contribution in [0.1, 0.15) is 31.4 Å². The smallest absolute Gasteiger partial charge is 0.0640 e. The standard InChI is InChI=1S/C12H15Cl2N/c1-2-8-6-7-15-12(8)9-4-3-5-10(13)11(9)14/h3-5,8,12,15H,2,6-7H2,1H3. The molecule has 0 aromatic heterocycles. The van der Waals surface area contributed by atoms with Crippen molar-refractivity contribution in [3.63, 3.8) is 0 Å². The minimum Gasteiger partial charge on any atom is -0.310 e. The van der Waals surface area contributed by atoms with Crippen LogP contribution in [0.3, 0.4) is 0 Å². The number of benzene rings is 1. The first kappa shape index (κ1) is 11.3. The summed E-state index contributed by atoms with van der Waals surface area (Å²) in [6.07, 6.45) is 2.41. The van der Waals surface area contributed by atoms with E-state index in [0.717, 1.165) is 12.1 Å². The molecular weight excluding hydrogens is 229 g/mol. The van der Waals surface area contributed by atoms with E-state index in [1.807, 2.05) is 12.1 Å². The van der Waals surface area contributed by atoms with Crippen LogP contribution in [0.2, 0.25) is 10.0 Å². The highest BCUT2D eigenvalue weighted by Crippen LogP contribution is 2.37. The largest absolute Gasteiger partial charge is 0.310 e. The molecule has 1 aromatic rings. The summed E-state index contributed by atoms with van der Waals surface area (Å²) >= 11 is 12.2. The Balaban J connectivity index is 2.32. The summed E-state index contributed by atoms with van der Waals surface area (Å²) in [7, 11) is 0. The molecule has 15 heavy (non-hydrogen) atoms. The van der Waals surface area contributed by atoms with Crippen molar-refractivity contribution in [2.75, 3.05) is 6.54 Å². The van der Waals surface area contributed by atoms with Crippen molar-refractivity contribution in [1.29, 1.82) is 0 Å². The number of rotatable bonds is 2. The van der Waals surface area contributed by atoms with Crippen LogP contribution in [-0.2, 0) is 0 Å². The SMILES string of the molecule is CCC1CCNC1c1cccc(Cl)c1Cl. The first-order valence-electron chi connectivity index (χ1n) is 5.41. The van der Waals surface area contributed by atoms with Gasteiger partial charge in [0.05, 0.1) is 10.0 Å². The lowest BCUT2D eigenvalue weighted by molar-refractivity contribution is 0.449. The van der Waals surface area contributed by atoms with Crippen molar-refractivity contribution in [3.05, 3.63) is 33.8 Å². The zero-order valence-corrected chi connectivity index (χ0v) is 10.3. The molecule has 2 rings (SSSR count). The molecule has 3 heteroatoms. The molecule has 1 heterocycles. The molecule has 1 fully saturated rings. The van der Waals surface area contributed by atoms with E-state index in [4.69, 9.17) is 23.2 Å². The Labute approximate surface area is 101 Å². The van der Waals surface area contributed by atoms with Crippen LogP contribution >= 0.6 is 23.2 Å². The van der Waals surface area contributed by atoms with Crippen LogP contribution in [0, 0.1) is 5.92 Å². The van der Waals surface area contributed by atoms with Gasteiger partial charge in [-0.3, -0.25) is 0 Å². The van der Waals surface area contributed by atoms with Crippen molar-refractivity contribution in [2.45, 2.75) is 25.8 Å². The van der Waals surface area contributed by atoms with Gasteiger partial charge in [0.2, 0.25) is 0 Å². The number of hydrogen-bond donors (Lipinski definition) is 1. The van der Waals surface area contributed by atoms with Crippen molar-refractivity contribution < 1.29 is 0 Å². The van der Waals surface area contributed by atoms with Gasteiger partial charge in [-0.25, -0.2) is 0 Å². The maximum absolute atomic E-state index is 6.22. The maximum Gasteiger partial charge on any atom is 0.0640 e. The third kappa shape index (κ3) is 2.15. The molecule has 0 aliphatic carbocycles. The highest BCUT2D eigenvalue weighted by Gasteiger charge is 2.28. The second kappa shape index (κ2) is 4.73. The number of halogens is 2. The molecule has 1 aromatic carbocycles. The fraction of sp³-hybridized carbons (Fsp3) is 0.500. The average molecular weight is 244 g/mol. The van der Waals surface area contributed by atoms with E-state index in [0.29, 0.717) is 22.0 Å². The minimum absolute atomic E-state index is 0.376. The molecule has 0 amide bonds. The van der Waals surface area contributed by atoms with Crippen molar-refractivity contribution in [2.24, 2.45) is 5.92 Å². The van der Waals surface area contributed by atoms with Gasteiger partial charge >= 0.3 is 0 Å². The predicted molar refractivity (Wildman–Crippen MR) is 65.6 cm³/mol. The van der Waals surface area contributed by atoms with Gasteiger partial charge in [-0.15, -0.1) is 0 Å². The molecule has 0 spiro atoms. The van der Waals surface area contributed by atoms with Crippen LogP contribution in [0.4, 0.5) is 0 Å². The highest BCUT2D eigenvalue weighted by molar-refractivity contribution is 6.42. The average Bonchev–Trinajstić information content (AvgIpc) is 2.70. The predicted octanol–water partition coefficient (Wildman–Crippen LogP) is 4.05. The zero-order chi connectivity index (χ0) is 10.8. The molecule has 1 aliphatic heterocycles. The van der Waals surface area contributed by atoms with E-state index in [1.165, 1.54) is 12.8 Å². The summed E-state index contributed by atoms with van der Waals surface area (Å²) in [6.45, 7) is 3.30. The molecule has 1 saturated heterocycles. The van der Waals surface area contributed by atoms with Gasteiger partial charge in [-0.1, -0.05) is 48.7 Å². The number of hydrogen-bond acceptors (Lipinski definition) is 1. The number of nitrogens with one attached hydrogen (secondary N) is 1. The van der Waals surface area contributed by atoms with E-state index in [2.05, 4.69) is 18.3 Å². The van der Waals surface area contributed by atoms with Gasteiger partial charge in [0.25, 0.3) is 0 Å². The molecule has 1 N–H and O–H groups in total. The quantitative estimate of drug-likeness (QED) is 0.827. The Morgan fingerprint density at radius 2 is 2.20 bits per heavy atom. The normalized spacial score (nSPS) is 25.8. The van der Waals surface area contributed by atoms with Crippen molar-refractivity contribution in [1.82, 2.24) is 5.32 Å². The van der Waals surface area contributed by atoms with Crippen LogP contribution in [0.25, 0.3) is 0 Å². The minimum atomic E-state index is 0.376. The third-order valence-corrected chi connectivity index (χ3v) is 4.03. The van der Waals surface area contributed by atoms with Crippen LogP contribution in [-0.4, -0.2) is 6.54 Å². The molecule has 0 bridgehead atoms. The van der Waals surface area contributed by atoms with E-state index < -0.39 is 0 Å². The molecule has 0 radical (unpaired) electrons. The van der Waals surface area contributed by atoms with Gasteiger partial charge in [-0.2, -0.15) is 0 Å². The van der Waals surface area contributed by atoms with E-state index in [-0.39, 0.29) is 0 Å². The Hall–Kier alpha value is -0.240. The first-order valence-corrected chi connectivity index (χ1v) is 6.17. The summed E-state index contributed by atoms with van der Waals surface area (Å²) in [6, 6.07) is 6.25. The summed E-state index contributed by atoms with van der Waals surface area (Å²) < 4.78 is 0. The lowest BCUT2D eigenvalue weighted by atomic mass is 9.92. The van der Waals surface area contributed by atoms with Crippen LogP contribution in [0.15, 0.2) is 18.2 Å². The second-order valence-electron chi connectivity index (χ2n) is 4.03. The molecular formula is C12H15Cl2N. The third-order valence-electron chi connectivity index (χ3n) is 3.19. The van der Waals surface area contributed by atoms with Crippen LogP contribution in [0.5, 0.6) is 0 Å².